The van der Waals surface area contributed by atoms with Gasteiger partial charge < -0.3 is 24.8 Å². The molecule has 0 aliphatic rings. The maximum Gasteiger partial charge on any atom is 0.154 e. The van der Waals surface area contributed by atoms with E-state index in [1.807, 2.05) is 0 Å². The second kappa shape index (κ2) is 6.33. The van der Waals surface area contributed by atoms with Gasteiger partial charge in [0.1, 0.15) is 0 Å². The zero-order valence-electron chi connectivity index (χ0n) is 7.30. The van der Waals surface area contributed by atoms with E-state index in [0.717, 1.165) is 0 Å². The lowest BCUT2D eigenvalue weighted by atomic mass is 10.2. The largest absolute Gasteiger partial charge is 0.394 e. The minimum atomic E-state index is -1.47. The second-order valence-electron chi connectivity index (χ2n) is 2.46. The highest BCUT2D eigenvalue weighted by atomic mass is 16.7. The molecule has 0 aliphatic carbocycles. The monoisotopic (exact) mass is 180 g/mol. The molecule has 0 saturated carbocycles. The predicted octanol–water partition coefficient (Wildman–Crippen LogP) is -0.943. The third-order valence-electron chi connectivity index (χ3n) is 1.39. The lowest BCUT2D eigenvalue weighted by Crippen LogP contribution is -2.28. The van der Waals surface area contributed by atoms with E-state index in [1.54, 1.807) is 6.92 Å². The van der Waals surface area contributed by atoms with Crippen LogP contribution < -0.4 is 0 Å². The molecule has 0 radical (unpaired) electrons. The fourth-order valence-corrected chi connectivity index (χ4v) is 0.735. The first kappa shape index (κ1) is 11.8. The minimum absolute atomic E-state index is 0.0236. The van der Waals surface area contributed by atoms with E-state index < -0.39 is 18.7 Å². The van der Waals surface area contributed by atoms with Gasteiger partial charge in [-0.15, -0.1) is 0 Å². The summed E-state index contributed by atoms with van der Waals surface area (Å²) in [6.07, 6.45) is -2.54. The molecule has 12 heavy (non-hydrogen) atoms. The zero-order valence-corrected chi connectivity index (χ0v) is 7.30. The molecule has 0 heterocycles. The Morgan fingerprint density at radius 2 is 1.92 bits per heavy atom. The van der Waals surface area contributed by atoms with Crippen LogP contribution in [0.5, 0.6) is 0 Å². The van der Waals surface area contributed by atoms with Gasteiger partial charge in [-0.25, -0.2) is 0 Å². The van der Waals surface area contributed by atoms with Gasteiger partial charge in [-0.1, -0.05) is 0 Å². The average Bonchev–Trinajstić information content (AvgIpc) is 2.02. The quantitative estimate of drug-likeness (QED) is 0.460. The first-order chi connectivity index (χ1) is 5.60. The van der Waals surface area contributed by atoms with Crippen LogP contribution in [0.15, 0.2) is 0 Å². The van der Waals surface area contributed by atoms with Crippen LogP contribution in [-0.4, -0.2) is 47.7 Å². The Bertz CT molecular complexity index is 106. The van der Waals surface area contributed by atoms with E-state index >= 15 is 0 Å². The number of ether oxygens (including phenoxy) is 2. The second-order valence-corrected chi connectivity index (χ2v) is 2.46. The molecule has 5 nitrogen and oxygen atoms in total. The van der Waals surface area contributed by atoms with Gasteiger partial charge in [-0.05, 0) is 6.92 Å². The number of hydrogen-bond acceptors (Lipinski definition) is 5. The van der Waals surface area contributed by atoms with Gasteiger partial charge in [-0.2, -0.15) is 0 Å². The van der Waals surface area contributed by atoms with Crippen molar-refractivity contribution in [1.29, 1.82) is 0 Å². The first-order valence-corrected chi connectivity index (χ1v) is 3.75. The van der Waals surface area contributed by atoms with Gasteiger partial charge in [0.2, 0.25) is 0 Å². The summed E-state index contributed by atoms with van der Waals surface area (Å²) in [6.45, 7) is 1.40. The molecule has 0 aromatic carbocycles. The van der Waals surface area contributed by atoms with Crippen LogP contribution >= 0.6 is 0 Å². The molecule has 3 N–H and O–H groups in total. The maximum absolute atomic E-state index is 8.72. The number of aliphatic hydroxyl groups excluding tert-OH is 2. The average molecular weight is 180 g/mol. The molecule has 0 aliphatic heterocycles. The van der Waals surface area contributed by atoms with Crippen molar-refractivity contribution in [3.8, 4) is 0 Å². The van der Waals surface area contributed by atoms with Crippen LogP contribution in [0.2, 0.25) is 0 Å². The van der Waals surface area contributed by atoms with Crippen LogP contribution in [0, 0.1) is 0 Å². The maximum atomic E-state index is 8.72. The topological polar surface area (TPSA) is 79.2 Å². The van der Waals surface area contributed by atoms with Crippen molar-refractivity contribution in [3.05, 3.63) is 0 Å². The minimum Gasteiger partial charge on any atom is -0.394 e. The predicted molar refractivity (Wildman–Crippen MR) is 41.3 cm³/mol. The lowest BCUT2D eigenvalue weighted by Gasteiger charge is -2.20. The van der Waals surface area contributed by atoms with E-state index in [1.165, 1.54) is 7.11 Å². The van der Waals surface area contributed by atoms with Crippen molar-refractivity contribution in [1.82, 2.24) is 0 Å². The smallest absolute Gasteiger partial charge is 0.154 e. The Hall–Kier alpha value is -0.200. The molecule has 2 unspecified atom stereocenters. The highest BCUT2D eigenvalue weighted by Crippen LogP contribution is 2.04. The number of methoxy groups -OCH3 is 1. The van der Waals surface area contributed by atoms with Crippen molar-refractivity contribution < 1.29 is 24.8 Å². The SMILES string of the molecule is COC(C)OC(CO)CC(O)O. The van der Waals surface area contributed by atoms with E-state index in [0.29, 0.717) is 0 Å². The fraction of sp³-hybridized carbons (Fsp3) is 1.00. The van der Waals surface area contributed by atoms with Gasteiger partial charge in [0.05, 0.1) is 12.7 Å². The summed E-state index contributed by atoms with van der Waals surface area (Å²) in [6, 6.07) is 0. The summed E-state index contributed by atoms with van der Waals surface area (Å²) in [4.78, 5) is 0. The zero-order chi connectivity index (χ0) is 9.56. The Morgan fingerprint density at radius 1 is 1.33 bits per heavy atom. The summed E-state index contributed by atoms with van der Waals surface area (Å²) in [7, 11) is 1.47. The summed E-state index contributed by atoms with van der Waals surface area (Å²) in [5.41, 5.74) is 0. The van der Waals surface area contributed by atoms with E-state index in [-0.39, 0.29) is 13.0 Å². The number of rotatable bonds is 6. The highest BCUT2D eigenvalue weighted by Gasteiger charge is 2.14. The van der Waals surface area contributed by atoms with Gasteiger partial charge in [0.15, 0.2) is 12.6 Å². The van der Waals surface area contributed by atoms with Gasteiger partial charge in [0, 0.05) is 13.5 Å². The third-order valence-corrected chi connectivity index (χ3v) is 1.39. The van der Waals surface area contributed by atoms with Crippen LogP contribution in [-0.2, 0) is 9.47 Å². The van der Waals surface area contributed by atoms with E-state index in [9.17, 15) is 0 Å². The van der Waals surface area contributed by atoms with Crippen molar-refractivity contribution >= 4 is 0 Å². The Labute approximate surface area is 71.5 Å². The molecule has 0 saturated heterocycles. The molecule has 0 aromatic rings. The molecule has 0 fully saturated rings. The normalized spacial score (nSPS) is 16.5. The molecule has 0 rings (SSSR count). The molecule has 2 atom stereocenters. The number of aliphatic hydroxyl groups is 3. The van der Waals surface area contributed by atoms with Crippen LogP contribution in [0.3, 0.4) is 0 Å². The highest BCUT2D eigenvalue weighted by molar-refractivity contribution is 4.57. The fourth-order valence-electron chi connectivity index (χ4n) is 0.735. The van der Waals surface area contributed by atoms with Crippen LogP contribution in [0.4, 0.5) is 0 Å². The first-order valence-electron chi connectivity index (χ1n) is 3.75. The molecular formula is C7H16O5. The van der Waals surface area contributed by atoms with Gasteiger partial charge in [-0.3, -0.25) is 0 Å². The van der Waals surface area contributed by atoms with Crippen molar-refractivity contribution in [2.24, 2.45) is 0 Å². The van der Waals surface area contributed by atoms with Crippen LogP contribution in [0.25, 0.3) is 0 Å². The third kappa shape index (κ3) is 5.45. The Balaban J connectivity index is 3.66. The molecule has 0 spiro atoms. The lowest BCUT2D eigenvalue weighted by molar-refractivity contribution is -0.175. The summed E-state index contributed by atoms with van der Waals surface area (Å²) < 4.78 is 9.83. The number of hydrogen-bond donors (Lipinski definition) is 3. The summed E-state index contributed by atoms with van der Waals surface area (Å²) in [5.74, 6) is 0. The molecule has 74 valence electrons. The summed E-state index contributed by atoms with van der Waals surface area (Å²) in [5, 5.41) is 25.8. The van der Waals surface area contributed by atoms with Crippen LogP contribution in [0.1, 0.15) is 13.3 Å². The van der Waals surface area contributed by atoms with E-state index in [2.05, 4.69) is 0 Å². The standard InChI is InChI=1S/C7H16O5/c1-5(11-2)12-6(4-8)3-7(9)10/h5-10H,3-4H2,1-2H3. The summed E-state index contributed by atoms with van der Waals surface area (Å²) >= 11 is 0. The van der Waals surface area contributed by atoms with Gasteiger partial charge >= 0.3 is 0 Å². The molecule has 0 aromatic heterocycles. The van der Waals surface area contributed by atoms with Crippen molar-refractivity contribution in [3.63, 3.8) is 0 Å². The van der Waals surface area contributed by atoms with Crippen molar-refractivity contribution in [2.45, 2.75) is 32.0 Å². The Kier molecular flexibility index (Phi) is 6.23. The molecule has 0 amide bonds. The van der Waals surface area contributed by atoms with Crippen molar-refractivity contribution in [2.75, 3.05) is 13.7 Å². The Morgan fingerprint density at radius 3 is 2.25 bits per heavy atom. The van der Waals surface area contributed by atoms with Gasteiger partial charge in [0.25, 0.3) is 0 Å². The molecular weight excluding hydrogens is 164 g/mol. The molecule has 5 heteroatoms. The van der Waals surface area contributed by atoms with E-state index in [4.69, 9.17) is 24.8 Å². The molecule has 0 bridgehead atoms.